The van der Waals surface area contributed by atoms with Gasteiger partial charge in [-0.05, 0) is 26.8 Å². The van der Waals surface area contributed by atoms with Crippen molar-refractivity contribution in [2.75, 3.05) is 0 Å². The number of aryl methyl sites for hydroxylation is 2. The topological polar surface area (TPSA) is 22.1 Å². The van der Waals surface area contributed by atoms with E-state index in [1.54, 1.807) is 0 Å². The molecule has 0 aliphatic carbocycles. The lowest BCUT2D eigenvalue weighted by molar-refractivity contribution is 0.223. The molecule has 1 unspecified atom stereocenters. The lowest BCUT2D eigenvalue weighted by Crippen LogP contribution is -2.09. The summed E-state index contributed by atoms with van der Waals surface area (Å²) in [5, 5.41) is 0. The quantitative estimate of drug-likeness (QED) is 0.686. The summed E-state index contributed by atoms with van der Waals surface area (Å²) < 4.78 is 5.92. The van der Waals surface area contributed by atoms with Crippen molar-refractivity contribution in [3.05, 3.63) is 34.5 Å². The van der Waals surface area contributed by atoms with Gasteiger partial charge in [-0.15, -0.1) is 11.3 Å². The summed E-state index contributed by atoms with van der Waals surface area (Å²) in [7, 11) is 0. The fourth-order valence-corrected chi connectivity index (χ4v) is 3.22. The van der Waals surface area contributed by atoms with Crippen LogP contribution in [0, 0.1) is 13.8 Å². The number of rotatable bonds is 0. The normalized spacial score (nSPS) is 17.6. The molecule has 0 saturated carbocycles. The van der Waals surface area contributed by atoms with E-state index in [9.17, 15) is 0 Å². The molecule has 0 aromatic carbocycles. The van der Waals surface area contributed by atoms with E-state index in [4.69, 9.17) is 4.74 Å². The van der Waals surface area contributed by atoms with E-state index in [1.165, 1.54) is 15.3 Å². The van der Waals surface area contributed by atoms with Crippen molar-refractivity contribution in [2.24, 2.45) is 0 Å². The van der Waals surface area contributed by atoms with Gasteiger partial charge < -0.3 is 4.74 Å². The molecule has 0 bridgehead atoms. The number of hydrogen-bond donors (Lipinski definition) is 0. The van der Waals surface area contributed by atoms with Gasteiger partial charge in [-0.2, -0.15) is 0 Å². The number of nitrogens with zero attached hydrogens (tertiary/aromatic N) is 1. The van der Waals surface area contributed by atoms with Gasteiger partial charge in [-0.1, -0.05) is 0 Å². The minimum absolute atomic E-state index is 0.147. The fraction of sp³-hybridized carbons (Fsp3) is 0.308. The van der Waals surface area contributed by atoms with Gasteiger partial charge in [0.2, 0.25) is 0 Å². The first-order chi connectivity index (χ1) is 7.65. The maximum atomic E-state index is 5.92. The SMILES string of the molecule is Cc1cc2c(cn1)-c1sc(C)cc1C(C)O2. The van der Waals surface area contributed by atoms with Crippen LogP contribution >= 0.6 is 11.3 Å². The van der Waals surface area contributed by atoms with Crippen molar-refractivity contribution < 1.29 is 4.74 Å². The Kier molecular flexibility index (Phi) is 2.04. The van der Waals surface area contributed by atoms with Crippen LogP contribution in [0.25, 0.3) is 10.4 Å². The lowest BCUT2D eigenvalue weighted by atomic mass is 10.0. The van der Waals surface area contributed by atoms with Crippen molar-refractivity contribution in [1.82, 2.24) is 4.98 Å². The third kappa shape index (κ3) is 1.35. The molecule has 3 rings (SSSR count). The van der Waals surface area contributed by atoms with Crippen LogP contribution in [-0.2, 0) is 0 Å². The van der Waals surface area contributed by atoms with Crippen molar-refractivity contribution in [2.45, 2.75) is 26.9 Å². The van der Waals surface area contributed by atoms with Gasteiger partial charge in [0.05, 0.1) is 5.56 Å². The molecule has 3 heteroatoms. The molecule has 0 amide bonds. The first kappa shape index (κ1) is 9.85. The fourth-order valence-electron chi connectivity index (χ4n) is 2.10. The Balaban J connectivity index is 2.27. The van der Waals surface area contributed by atoms with E-state index >= 15 is 0 Å². The molecule has 0 fully saturated rings. The molecule has 0 N–H and O–H groups in total. The molecule has 2 aromatic heterocycles. The Morgan fingerprint density at radius 1 is 1.31 bits per heavy atom. The summed E-state index contributed by atoms with van der Waals surface area (Å²) in [5.41, 5.74) is 3.43. The molecule has 1 aliphatic rings. The van der Waals surface area contributed by atoms with Crippen LogP contribution in [0.5, 0.6) is 5.75 Å². The number of pyridine rings is 1. The second-order valence-corrected chi connectivity index (χ2v) is 5.48. The molecule has 1 aliphatic heterocycles. The average molecular weight is 231 g/mol. The van der Waals surface area contributed by atoms with Gasteiger partial charge in [0.1, 0.15) is 11.9 Å². The zero-order chi connectivity index (χ0) is 11.3. The minimum atomic E-state index is 0.147. The first-order valence-electron chi connectivity index (χ1n) is 5.39. The van der Waals surface area contributed by atoms with Crippen LogP contribution in [0.15, 0.2) is 18.3 Å². The summed E-state index contributed by atoms with van der Waals surface area (Å²) in [6, 6.07) is 4.23. The molecular weight excluding hydrogens is 218 g/mol. The van der Waals surface area contributed by atoms with E-state index in [0.29, 0.717) is 0 Å². The summed E-state index contributed by atoms with van der Waals surface area (Å²) in [5.74, 6) is 0.967. The molecule has 0 radical (unpaired) electrons. The number of fused-ring (bicyclic) bond motifs is 3. The van der Waals surface area contributed by atoms with E-state index in [2.05, 4.69) is 24.9 Å². The third-order valence-electron chi connectivity index (χ3n) is 2.87. The summed E-state index contributed by atoms with van der Waals surface area (Å²) in [6.45, 7) is 6.23. The highest BCUT2D eigenvalue weighted by atomic mass is 32.1. The Morgan fingerprint density at radius 3 is 2.94 bits per heavy atom. The van der Waals surface area contributed by atoms with Gasteiger partial charge in [0.25, 0.3) is 0 Å². The Labute approximate surface area is 98.9 Å². The number of thiophene rings is 1. The highest BCUT2D eigenvalue weighted by Gasteiger charge is 2.25. The van der Waals surface area contributed by atoms with Crippen LogP contribution in [0.3, 0.4) is 0 Å². The maximum Gasteiger partial charge on any atom is 0.132 e. The number of ether oxygens (including phenoxy) is 1. The van der Waals surface area contributed by atoms with Crippen molar-refractivity contribution in [3.63, 3.8) is 0 Å². The Morgan fingerprint density at radius 2 is 2.12 bits per heavy atom. The third-order valence-corrected chi connectivity index (χ3v) is 3.97. The van der Waals surface area contributed by atoms with Gasteiger partial charge >= 0.3 is 0 Å². The predicted octanol–water partition coefficient (Wildman–Crippen LogP) is 3.88. The summed E-state index contributed by atoms with van der Waals surface area (Å²) >= 11 is 1.82. The number of hydrogen-bond acceptors (Lipinski definition) is 3. The molecule has 82 valence electrons. The highest BCUT2D eigenvalue weighted by molar-refractivity contribution is 7.15. The van der Waals surface area contributed by atoms with Crippen LogP contribution in [-0.4, -0.2) is 4.98 Å². The second-order valence-electron chi connectivity index (χ2n) is 4.22. The molecule has 1 atom stereocenters. The lowest BCUT2D eigenvalue weighted by Gasteiger charge is -2.23. The molecule has 16 heavy (non-hydrogen) atoms. The zero-order valence-corrected chi connectivity index (χ0v) is 10.4. The largest absolute Gasteiger partial charge is 0.485 e. The van der Waals surface area contributed by atoms with Gasteiger partial charge in [-0.25, -0.2) is 0 Å². The van der Waals surface area contributed by atoms with Crippen molar-refractivity contribution in [1.29, 1.82) is 0 Å². The summed E-state index contributed by atoms with van der Waals surface area (Å²) in [6.07, 6.45) is 2.07. The zero-order valence-electron chi connectivity index (χ0n) is 9.57. The minimum Gasteiger partial charge on any atom is -0.485 e. The molecule has 3 heterocycles. The monoisotopic (exact) mass is 231 g/mol. The molecular formula is C13H13NOS. The maximum absolute atomic E-state index is 5.92. The van der Waals surface area contributed by atoms with Gasteiger partial charge in [0.15, 0.2) is 0 Å². The van der Waals surface area contributed by atoms with Crippen LogP contribution in [0.4, 0.5) is 0 Å². The van der Waals surface area contributed by atoms with E-state index in [0.717, 1.165) is 17.0 Å². The van der Waals surface area contributed by atoms with Crippen LogP contribution < -0.4 is 4.74 Å². The van der Waals surface area contributed by atoms with Gasteiger partial charge in [0, 0.05) is 33.3 Å². The molecule has 0 saturated heterocycles. The standard InChI is InChI=1S/C13H13NOS/c1-7-4-12-11(6-14-7)13-10(9(3)15-12)5-8(2)16-13/h4-6,9H,1-3H3. The average Bonchev–Trinajstić information content (AvgIpc) is 2.60. The smallest absolute Gasteiger partial charge is 0.132 e. The Hall–Kier alpha value is -1.35. The van der Waals surface area contributed by atoms with Crippen LogP contribution in [0.1, 0.15) is 29.2 Å². The van der Waals surface area contributed by atoms with Crippen molar-refractivity contribution >= 4 is 11.3 Å². The molecule has 2 nitrogen and oxygen atoms in total. The van der Waals surface area contributed by atoms with Gasteiger partial charge in [-0.3, -0.25) is 4.98 Å². The first-order valence-corrected chi connectivity index (χ1v) is 6.21. The summed E-state index contributed by atoms with van der Waals surface area (Å²) in [4.78, 5) is 7.00. The molecule has 0 spiro atoms. The van der Waals surface area contributed by atoms with E-state index < -0.39 is 0 Å². The second kappa shape index (κ2) is 3.32. The Bertz CT molecular complexity index is 559. The van der Waals surface area contributed by atoms with Crippen LogP contribution in [0.2, 0.25) is 0 Å². The number of aromatic nitrogens is 1. The van der Waals surface area contributed by atoms with Crippen molar-refractivity contribution in [3.8, 4) is 16.2 Å². The van der Waals surface area contributed by atoms with E-state index in [1.807, 2.05) is 30.5 Å². The van der Waals surface area contributed by atoms with E-state index in [-0.39, 0.29) is 6.10 Å². The predicted molar refractivity (Wildman–Crippen MR) is 66.1 cm³/mol. The molecule has 2 aromatic rings. The highest BCUT2D eigenvalue weighted by Crippen LogP contribution is 2.46.